The first-order valence-electron chi connectivity index (χ1n) is 8.93. The Kier molecular flexibility index (Phi) is 5.89. The summed E-state index contributed by atoms with van der Waals surface area (Å²) < 4.78 is 10.9. The number of carbonyl (C=O) groups excluding carboxylic acids is 1. The smallest absolute Gasteiger partial charge is 0.339 e. The largest absolute Gasteiger partial charge is 0.449 e. The molecule has 0 aliphatic carbocycles. The van der Waals surface area contributed by atoms with Crippen LogP contribution in [0.3, 0.4) is 0 Å². The molecule has 0 N–H and O–H groups in total. The molecule has 0 saturated heterocycles. The standard InChI is InChI=1S/C23H16N2O3S/c26-22(20-14-8-12-17-9-4-5-13-19(17)20)27-15-6-7-16-29-23-25-24-21(28-23)18-10-2-1-3-11-18/h1-5,8-14H,15-16H2. The van der Waals surface area contributed by atoms with E-state index in [-0.39, 0.29) is 12.6 Å². The Bertz CT molecular complexity index is 1190. The van der Waals surface area contributed by atoms with Crippen LogP contribution in [-0.4, -0.2) is 28.5 Å². The van der Waals surface area contributed by atoms with Gasteiger partial charge in [0.15, 0.2) is 6.61 Å². The summed E-state index contributed by atoms with van der Waals surface area (Å²) in [4.78, 5) is 12.3. The van der Waals surface area contributed by atoms with Crippen LogP contribution in [0.1, 0.15) is 10.4 Å². The molecule has 0 atom stereocenters. The van der Waals surface area contributed by atoms with Crippen LogP contribution in [0.15, 0.2) is 82.4 Å². The monoisotopic (exact) mass is 400 g/mol. The number of ether oxygens (including phenoxy) is 1. The van der Waals surface area contributed by atoms with E-state index < -0.39 is 0 Å². The molecule has 142 valence electrons. The molecule has 0 fully saturated rings. The van der Waals surface area contributed by atoms with E-state index in [0.29, 0.717) is 22.4 Å². The van der Waals surface area contributed by atoms with Gasteiger partial charge in [-0.05, 0) is 29.0 Å². The van der Waals surface area contributed by atoms with Crippen molar-refractivity contribution in [2.45, 2.75) is 5.22 Å². The topological polar surface area (TPSA) is 65.2 Å². The normalized spacial score (nSPS) is 10.3. The number of thioether (sulfide) groups is 1. The zero-order valence-electron chi connectivity index (χ0n) is 15.4. The van der Waals surface area contributed by atoms with Crippen LogP contribution in [-0.2, 0) is 4.74 Å². The van der Waals surface area contributed by atoms with Crippen molar-refractivity contribution in [1.29, 1.82) is 0 Å². The highest BCUT2D eigenvalue weighted by atomic mass is 32.2. The van der Waals surface area contributed by atoms with Crippen molar-refractivity contribution in [3.05, 3.63) is 78.4 Å². The highest BCUT2D eigenvalue weighted by Gasteiger charge is 2.10. The lowest BCUT2D eigenvalue weighted by molar-refractivity contribution is 0.0559. The third-order valence-corrected chi connectivity index (χ3v) is 4.81. The average Bonchev–Trinajstić information content (AvgIpc) is 3.25. The predicted molar refractivity (Wildman–Crippen MR) is 112 cm³/mol. The number of esters is 1. The predicted octanol–water partition coefficient (Wildman–Crippen LogP) is 4.84. The fraction of sp³-hybridized carbons (Fsp3) is 0.0870. The fourth-order valence-electron chi connectivity index (χ4n) is 2.75. The molecule has 0 saturated carbocycles. The van der Waals surface area contributed by atoms with Crippen LogP contribution < -0.4 is 0 Å². The van der Waals surface area contributed by atoms with Crippen molar-refractivity contribution in [2.75, 3.05) is 12.4 Å². The minimum absolute atomic E-state index is 0.0295. The van der Waals surface area contributed by atoms with Gasteiger partial charge in [-0.3, -0.25) is 0 Å². The molecule has 1 aromatic heterocycles. The number of rotatable bonds is 5. The van der Waals surface area contributed by atoms with Crippen molar-refractivity contribution < 1.29 is 13.9 Å². The molecule has 0 unspecified atom stereocenters. The summed E-state index contributed by atoms with van der Waals surface area (Å²) >= 11 is 1.34. The maximum Gasteiger partial charge on any atom is 0.339 e. The van der Waals surface area contributed by atoms with E-state index in [9.17, 15) is 4.79 Å². The van der Waals surface area contributed by atoms with Crippen LogP contribution >= 0.6 is 11.8 Å². The first kappa shape index (κ1) is 18.8. The Balaban J connectivity index is 1.28. The minimum atomic E-state index is -0.381. The molecule has 5 nitrogen and oxygen atoms in total. The van der Waals surface area contributed by atoms with E-state index in [0.717, 1.165) is 16.3 Å². The summed E-state index contributed by atoms with van der Waals surface area (Å²) in [5.41, 5.74) is 1.41. The Hall–Kier alpha value is -3.56. The summed E-state index contributed by atoms with van der Waals surface area (Å²) in [6, 6.07) is 22.8. The van der Waals surface area contributed by atoms with Gasteiger partial charge in [-0.2, -0.15) is 0 Å². The van der Waals surface area contributed by atoms with Crippen molar-refractivity contribution in [1.82, 2.24) is 10.2 Å². The van der Waals surface area contributed by atoms with Gasteiger partial charge >= 0.3 is 5.97 Å². The van der Waals surface area contributed by atoms with Crippen LogP contribution in [0.2, 0.25) is 0 Å². The second-order valence-corrected chi connectivity index (χ2v) is 6.91. The summed E-state index contributed by atoms with van der Waals surface area (Å²) in [7, 11) is 0. The number of hydrogen-bond acceptors (Lipinski definition) is 6. The number of benzene rings is 3. The number of nitrogens with zero attached hydrogens (tertiary/aromatic N) is 2. The highest BCUT2D eigenvalue weighted by molar-refractivity contribution is 7.99. The van der Waals surface area contributed by atoms with Crippen LogP contribution in [0.25, 0.3) is 22.2 Å². The maximum absolute atomic E-state index is 12.3. The first-order valence-corrected chi connectivity index (χ1v) is 9.92. The summed E-state index contributed by atoms with van der Waals surface area (Å²) in [5, 5.41) is 10.3. The van der Waals surface area contributed by atoms with Gasteiger partial charge in [0.25, 0.3) is 5.22 Å². The van der Waals surface area contributed by atoms with Gasteiger partial charge < -0.3 is 9.15 Å². The number of carbonyl (C=O) groups is 1. The Morgan fingerprint density at radius 2 is 1.72 bits per heavy atom. The first-order chi connectivity index (χ1) is 14.3. The van der Waals surface area contributed by atoms with Gasteiger partial charge in [0, 0.05) is 5.56 Å². The summed E-state index contributed by atoms with van der Waals surface area (Å²) in [6.07, 6.45) is 0. The Morgan fingerprint density at radius 3 is 2.62 bits per heavy atom. The Morgan fingerprint density at radius 1 is 0.931 bits per heavy atom. The molecular formula is C23H16N2O3S. The number of fused-ring (bicyclic) bond motifs is 1. The van der Waals surface area contributed by atoms with Crippen LogP contribution in [0.5, 0.6) is 0 Å². The molecule has 4 aromatic rings. The minimum Gasteiger partial charge on any atom is -0.449 e. The van der Waals surface area contributed by atoms with Gasteiger partial charge in [0.1, 0.15) is 0 Å². The van der Waals surface area contributed by atoms with Crippen molar-refractivity contribution in [3.63, 3.8) is 0 Å². The second kappa shape index (κ2) is 9.09. The zero-order chi connectivity index (χ0) is 19.9. The maximum atomic E-state index is 12.3. The van der Waals surface area contributed by atoms with Gasteiger partial charge in [0.2, 0.25) is 5.89 Å². The molecule has 0 amide bonds. The van der Waals surface area contributed by atoms with Gasteiger partial charge in [-0.15, -0.1) is 10.2 Å². The average molecular weight is 400 g/mol. The summed E-state index contributed by atoms with van der Waals surface area (Å²) in [6.45, 7) is 0.0295. The molecule has 6 heteroatoms. The van der Waals surface area contributed by atoms with Gasteiger partial charge in [-0.25, -0.2) is 4.79 Å². The molecule has 0 bridgehead atoms. The Labute approximate surface area is 172 Å². The fourth-order valence-corrected chi connectivity index (χ4v) is 3.28. The lowest BCUT2D eigenvalue weighted by atomic mass is 10.1. The SMILES string of the molecule is O=C(OCC#CCSc1nnc(-c2ccccc2)o1)c1cccc2ccccc12. The van der Waals surface area contributed by atoms with E-state index in [1.165, 1.54) is 11.8 Å². The molecule has 4 rings (SSSR count). The molecule has 0 aliphatic rings. The van der Waals surface area contributed by atoms with E-state index in [1.807, 2.05) is 66.7 Å². The van der Waals surface area contributed by atoms with Crippen LogP contribution in [0, 0.1) is 11.8 Å². The molecular weight excluding hydrogens is 384 g/mol. The molecule has 3 aromatic carbocycles. The van der Waals surface area contributed by atoms with E-state index in [1.54, 1.807) is 6.07 Å². The molecule has 0 spiro atoms. The highest BCUT2D eigenvalue weighted by Crippen LogP contribution is 2.22. The lowest BCUT2D eigenvalue weighted by Gasteiger charge is -2.05. The lowest BCUT2D eigenvalue weighted by Crippen LogP contribution is -2.06. The van der Waals surface area contributed by atoms with Crippen molar-refractivity contribution >= 4 is 28.5 Å². The number of aromatic nitrogens is 2. The zero-order valence-corrected chi connectivity index (χ0v) is 16.2. The van der Waals surface area contributed by atoms with Crippen LogP contribution in [0.4, 0.5) is 0 Å². The molecule has 0 radical (unpaired) electrons. The van der Waals surface area contributed by atoms with Gasteiger partial charge in [0.05, 0.1) is 11.3 Å². The molecule has 1 heterocycles. The van der Waals surface area contributed by atoms with Crippen molar-refractivity contribution in [2.24, 2.45) is 0 Å². The molecule has 29 heavy (non-hydrogen) atoms. The summed E-state index contributed by atoms with van der Waals surface area (Å²) in [5.74, 6) is 6.33. The van der Waals surface area contributed by atoms with E-state index >= 15 is 0 Å². The third-order valence-electron chi connectivity index (χ3n) is 4.10. The van der Waals surface area contributed by atoms with Gasteiger partial charge in [-0.1, -0.05) is 78.2 Å². The molecule has 0 aliphatic heterocycles. The quantitative estimate of drug-likeness (QED) is 0.271. The van der Waals surface area contributed by atoms with E-state index in [2.05, 4.69) is 22.0 Å². The van der Waals surface area contributed by atoms with Crippen molar-refractivity contribution in [3.8, 4) is 23.3 Å². The van der Waals surface area contributed by atoms with E-state index in [4.69, 9.17) is 9.15 Å². The third kappa shape index (κ3) is 4.65. The second-order valence-electron chi connectivity index (χ2n) is 5.98. The number of hydrogen-bond donors (Lipinski definition) is 0.